The molecule has 0 aliphatic heterocycles. The first-order chi connectivity index (χ1) is 15.3. The van der Waals surface area contributed by atoms with Crippen LogP contribution in [0.15, 0.2) is 58.8 Å². The van der Waals surface area contributed by atoms with Crippen LogP contribution in [0.4, 0.5) is 0 Å². The van der Waals surface area contributed by atoms with Gasteiger partial charge in [-0.25, -0.2) is 8.42 Å². The summed E-state index contributed by atoms with van der Waals surface area (Å²) in [4.78, 5) is 0. The number of fused-ring (bicyclic) bond motifs is 1. The van der Waals surface area contributed by atoms with E-state index in [0.29, 0.717) is 21.6 Å². The van der Waals surface area contributed by atoms with E-state index < -0.39 is 9.84 Å². The summed E-state index contributed by atoms with van der Waals surface area (Å²) in [5.41, 5.74) is 10.2. The van der Waals surface area contributed by atoms with Gasteiger partial charge in [-0.15, -0.1) is 11.3 Å². The Kier molecular flexibility index (Phi) is 7.47. The zero-order chi connectivity index (χ0) is 22.7. The number of hydrogen-bond donors (Lipinski definition) is 1. The summed E-state index contributed by atoms with van der Waals surface area (Å²) in [6, 6.07) is 17.3. The van der Waals surface area contributed by atoms with Crippen molar-refractivity contribution in [2.45, 2.75) is 41.9 Å². The molecule has 0 fully saturated rings. The van der Waals surface area contributed by atoms with Crippen LogP contribution >= 0.6 is 34.5 Å². The number of benzene rings is 2. The van der Waals surface area contributed by atoms with Crippen molar-refractivity contribution in [2.24, 2.45) is 5.73 Å². The Hall–Kier alpha value is -1.57. The van der Waals surface area contributed by atoms with Crippen molar-refractivity contribution in [1.82, 2.24) is 0 Å². The molecule has 8 heteroatoms. The molecule has 0 saturated heterocycles. The Morgan fingerprint density at radius 2 is 1.94 bits per heavy atom. The second kappa shape index (κ2) is 10.1. The monoisotopic (exact) mass is 509 g/mol. The lowest BCUT2D eigenvalue weighted by Crippen LogP contribution is -2.34. The summed E-state index contributed by atoms with van der Waals surface area (Å²) in [7, 11) is -3.34. The van der Waals surface area contributed by atoms with Crippen molar-refractivity contribution in [1.29, 1.82) is 0 Å². The second-order valence-corrected chi connectivity index (χ2v) is 12.6. The number of thiophene rings is 1. The Morgan fingerprint density at radius 3 is 2.69 bits per heavy atom. The van der Waals surface area contributed by atoms with Crippen LogP contribution in [0.5, 0.6) is 5.75 Å². The largest absolute Gasteiger partial charge is 0.494 e. The molecule has 1 heterocycles. The molecule has 2 atom stereocenters. The van der Waals surface area contributed by atoms with Crippen LogP contribution in [0.25, 0.3) is 0 Å². The molecule has 170 valence electrons. The van der Waals surface area contributed by atoms with Gasteiger partial charge in [0, 0.05) is 17.0 Å². The maximum absolute atomic E-state index is 12.4. The minimum atomic E-state index is -3.34. The van der Waals surface area contributed by atoms with E-state index >= 15 is 0 Å². The zero-order valence-corrected chi connectivity index (χ0v) is 20.6. The zero-order valence-electron chi connectivity index (χ0n) is 17.5. The molecular weight excluding hydrogens is 485 g/mol. The van der Waals surface area contributed by atoms with E-state index in [0.717, 1.165) is 46.9 Å². The first-order valence-electron chi connectivity index (χ1n) is 10.6. The highest BCUT2D eigenvalue weighted by Gasteiger charge is 2.28. The minimum absolute atomic E-state index is 0.0248. The third-order valence-electron chi connectivity index (χ3n) is 5.81. The first kappa shape index (κ1) is 23.6. The SMILES string of the molecule is NC1CCc2ccc(OCCCS(=O)(=O)c3ccc(Cl)s3)cc2C1Cc1cccc(Cl)c1. The van der Waals surface area contributed by atoms with Gasteiger partial charge in [-0.3, -0.25) is 0 Å². The fourth-order valence-electron chi connectivity index (χ4n) is 4.17. The van der Waals surface area contributed by atoms with Gasteiger partial charge in [0.1, 0.15) is 9.96 Å². The van der Waals surface area contributed by atoms with Gasteiger partial charge in [-0.05, 0) is 78.8 Å². The molecular formula is C24H25Cl2NO3S2. The summed E-state index contributed by atoms with van der Waals surface area (Å²) >= 11 is 13.1. The van der Waals surface area contributed by atoms with Crippen LogP contribution < -0.4 is 10.5 Å². The predicted molar refractivity (Wildman–Crippen MR) is 132 cm³/mol. The highest BCUT2D eigenvalue weighted by atomic mass is 35.5. The molecule has 0 bridgehead atoms. The van der Waals surface area contributed by atoms with E-state index in [4.69, 9.17) is 33.7 Å². The van der Waals surface area contributed by atoms with E-state index in [2.05, 4.69) is 18.2 Å². The normalized spacial score (nSPS) is 18.3. The van der Waals surface area contributed by atoms with Gasteiger partial charge in [0.15, 0.2) is 9.84 Å². The van der Waals surface area contributed by atoms with Gasteiger partial charge in [0.25, 0.3) is 0 Å². The smallest absolute Gasteiger partial charge is 0.187 e. The molecule has 1 aliphatic rings. The van der Waals surface area contributed by atoms with E-state index in [1.54, 1.807) is 12.1 Å². The molecule has 0 spiro atoms. The third-order valence-corrected chi connectivity index (χ3v) is 9.65. The van der Waals surface area contributed by atoms with Crippen LogP contribution in [0.2, 0.25) is 9.36 Å². The minimum Gasteiger partial charge on any atom is -0.494 e. The lowest BCUT2D eigenvalue weighted by Gasteiger charge is -2.32. The van der Waals surface area contributed by atoms with E-state index in [1.165, 1.54) is 11.1 Å². The molecule has 4 rings (SSSR count). The molecule has 2 aromatic carbocycles. The molecule has 0 amide bonds. The number of halogens is 2. The summed E-state index contributed by atoms with van der Waals surface area (Å²) in [5.74, 6) is 0.951. The van der Waals surface area contributed by atoms with Crippen LogP contribution in [-0.4, -0.2) is 26.8 Å². The third kappa shape index (κ3) is 5.67. The molecule has 1 aromatic heterocycles. The lowest BCUT2D eigenvalue weighted by molar-refractivity contribution is 0.316. The fourth-order valence-corrected chi connectivity index (χ4v) is 7.30. The first-order valence-corrected chi connectivity index (χ1v) is 13.8. The highest BCUT2D eigenvalue weighted by molar-refractivity contribution is 7.93. The van der Waals surface area contributed by atoms with Crippen molar-refractivity contribution in [3.8, 4) is 5.75 Å². The van der Waals surface area contributed by atoms with Crippen molar-refractivity contribution in [2.75, 3.05) is 12.4 Å². The van der Waals surface area contributed by atoms with Crippen molar-refractivity contribution < 1.29 is 13.2 Å². The fraction of sp³-hybridized carbons (Fsp3) is 0.333. The van der Waals surface area contributed by atoms with Crippen molar-refractivity contribution in [3.63, 3.8) is 0 Å². The predicted octanol–water partition coefficient (Wildman–Crippen LogP) is 5.90. The molecule has 1 aliphatic carbocycles. The average molecular weight is 511 g/mol. The molecule has 0 saturated carbocycles. The standard InChI is InChI=1S/C24H25Cl2NO3S2/c25-18-4-1-3-16(13-18)14-21-20-15-19(7-5-17(20)6-8-22(21)27)30-11-2-12-32(28,29)24-10-9-23(26)31-24/h1,3-5,7,9-10,13,15,21-22H,2,6,8,11-12,14,27H2. The Morgan fingerprint density at radius 1 is 1.09 bits per heavy atom. The van der Waals surface area contributed by atoms with Crippen molar-refractivity contribution in [3.05, 3.63) is 80.6 Å². The Balaban J connectivity index is 1.41. The number of rotatable bonds is 8. The van der Waals surface area contributed by atoms with Crippen LogP contribution in [0, 0.1) is 0 Å². The summed E-state index contributed by atoms with van der Waals surface area (Å²) in [6.07, 6.45) is 3.12. The van der Waals surface area contributed by atoms with Crippen molar-refractivity contribution >= 4 is 44.4 Å². The summed E-state index contributed by atoms with van der Waals surface area (Å²) < 4.78 is 31.5. The topological polar surface area (TPSA) is 69.4 Å². The molecule has 0 radical (unpaired) electrons. The van der Waals surface area contributed by atoms with Crippen LogP contribution in [0.1, 0.15) is 35.4 Å². The second-order valence-electron chi connectivity index (χ2n) is 8.08. The maximum atomic E-state index is 12.4. The maximum Gasteiger partial charge on any atom is 0.187 e. The molecule has 2 N–H and O–H groups in total. The Bertz CT molecular complexity index is 1190. The number of ether oxygens (including phenoxy) is 1. The van der Waals surface area contributed by atoms with Gasteiger partial charge >= 0.3 is 0 Å². The van der Waals surface area contributed by atoms with Gasteiger partial charge < -0.3 is 10.5 Å². The van der Waals surface area contributed by atoms with E-state index in [1.807, 2.05) is 24.3 Å². The van der Waals surface area contributed by atoms with Gasteiger partial charge in [0.2, 0.25) is 0 Å². The summed E-state index contributed by atoms with van der Waals surface area (Å²) in [5, 5.41) is 0.726. The number of aryl methyl sites for hydroxylation is 1. The Labute approximate surface area is 203 Å². The quantitative estimate of drug-likeness (QED) is 0.383. The number of hydrogen-bond acceptors (Lipinski definition) is 5. The highest BCUT2D eigenvalue weighted by Crippen LogP contribution is 2.36. The molecule has 4 nitrogen and oxygen atoms in total. The molecule has 3 aromatic rings. The van der Waals surface area contributed by atoms with E-state index in [9.17, 15) is 8.42 Å². The van der Waals surface area contributed by atoms with E-state index in [-0.39, 0.29) is 17.7 Å². The van der Waals surface area contributed by atoms with Gasteiger partial charge in [-0.1, -0.05) is 41.4 Å². The number of nitrogens with two attached hydrogens (primary N) is 1. The lowest BCUT2D eigenvalue weighted by atomic mass is 9.76. The van der Waals surface area contributed by atoms with Gasteiger partial charge in [-0.2, -0.15) is 0 Å². The summed E-state index contributed by atoms with van der Waals surface area (Å²) in [6.45, 7) is 0.322. The van der Waals surface area contributed by atoms with Crippen LogP contribution in [-0.2, 0) is 22.7 Å². The molecule has 32 heavy (non-hydrogen) atoms. The van der Waals surface area contributed by atoms with Crippen LogP contribution in [0.3, 0.4) is 0 Å². The van der Waals surface area contributed by atoms with Gasteiger partial charge in [0.05, 0.1) is 16.7 Å². The molecule has 2 unspecified atom stereocenters. The number of sulfone groups is 1. The average Bonchev–Trinajstić information content (AvgIpc) is 3.21.